The monoisotopic (exact) mass is 235 g/mol. The summed E-state index contributed by atoms with van der Waals surface area (Å²) in [5.74, 6) is 0.196. The van der Waals surface area contributed by atoms with E-state index in [2.05, 4.69) is 9.97 Å². The lowest BCUT2D eigenvalue weighted by atomic mass is 10.1. The maximum absolute atomic E-state index is 13.1. The molecule has 0 saturated carbocycles. The average Bonchev–Trinajstić information content (AvgIpc) is 2.70. The molecule has 17 heavy (non-hydrogen) atoms. The van der Waals surface area contributed by atoms with Crippen LogP contribution in [0.25, 0.3) is 11.3 Å². The third-order valence-corrected chi connectivity index (χ3v) is 2.55. The number of halogens is 1. The van der Waals surface area contributed by atoms with E-state index >= 15 is 0 Å². The van der Waals surface area contributed by atoms with Crippen LogP contribution < -0.4 is 5.73 Å². The van der Waals surface area contributed by atoms with Gasteiger partial charge in [0.1, 0.15) is 11.6 Å². The van der Waals surface area contributed by atoms with E-state index in [1.165, 1.54) is 12.1 Å². The molecule has 0 radical (unpaired) electrons. The summed E-state index contributed by atoms with van der Waals surface area (Å²) >= 11 is 0. The molecule has 1 unspecified atom stereocenters. The molecule has 0 aliphatic heterocycles. The van der Waals surface area contributed by atoms with Crippen LogP contribution in [0.4, 0.5) is 4.39 Å². The molecule has 4 N–H and O–H groups in total. The first-order valence-corrected chi connectivity index (χ1v) is 5.30. The summed E-state index contributed by atoms with van der Waals surface area (Å²) in [5.41, 5.74) is 7.81. The fourth-order valence-electron chi connectivity index (χ4n) is 1.66. The molecule has 2 rings (SSSR count). The number of imidazole rings is 1. The smallest absolute Gasteiger partial charge is 0.126 e. The third kappa shape index (κ3) is 2.35. The molecule has 0 spiro atoms. The van der Waals surface area contributed by atoms with Gasteiger partial charge in [0.2, 0.25) is 0 Å². The number of aliphatic hydroxyl groups is 1. The highest BCUT2D eigenvalue weighted by molar-refractivity contribution is 5.61. The van der Waals surface area contributed by atoms with E-state index in [1.807, 2.05) is 6.92 Å². The van der Waals surface area contributed by atoms with E-state index < -0.39 is 6.04 Å². The quantitative estimate of drug-likeness (QED) is 0.755. The van der Waals surface area contributed by atoms with E-state index in [1.54, 1.807) is 12.1 Å². The van der Waals surface area contributed by atoms with Crippen molar-refractivity contribution >= 4 is 0 Å². The van der Waals surface area contributed by atoms with Gasteiger partial charge in [-0.3, -0.25) is 0 Å². The van der Waals surface area contributed by atoms with Crippen molar-refractivity contribution in [2.24, 2.45) is 5.73 Å². The van der Waals surface area contributed by atoms with Crippen molar-refractivity contribution in [3.8, 4) is 11.3 Å². The molecular weight excluding hydrogens is 221 g/mol. The second-order valence-corrected chi connectivity index (χ2v) is 3.90. The number of aryl methyl sites for hydroxylation is 1. The minimum absolute atomic E-state index is 0.185. The van der Waals surface area contributed by atoms with Crippen LogP contribution in [0.3, 0.4) is 0 Å². The molecule has 1 aromatic heterocycles. The van der Waals surface area contributed by atoms with E-state index in [0.717, 1.165) is 5.69 Å². The van der Waals surface area contributed by atoms with Crippen LogP contribution in [0.5, 0.6) is 0 Å². The number of nitrogens with zero attached hydrogens (tertiary/aromatic N) is 1. The molecular formula is C12H14FN3O. The number of H-pyrrole nitrogens is 1. The first kappa shape index (κ1) is 11.8. The SMILES string of the molecule is Cc1[nH]c(C(N)CO)nc1-c1cccc(F)c1. The van der Waals surface area contributed by atoms with Crippen LogP contribution in [0, 0.1) is 12.7 Å². The third-order valence-electron chi connectivity index (χ3n) is 2.55. The number of hydrogen-bond donors (Lipinski definition) is 3. The molecule has 0 saturated heterocycles. The Morgan fingerprint density at radius 3 is 2.94 bits per heavy atom. The number of aliphatic hydroxyl groups excluding tert-OH is 1. The van der Waals surface area contributed by atoms with Crippen LogP contribution in [0.15, 0.2) is 24.3 Å². The predicted octanol–water partition coefficient (Wildman–Crippen LogP) is 1.52. The maximum atomic E-state index is 13.1. The van der Waals surface area contributed by atoms with Crippen LogP contribution in [0.2, 0.25) is 0 Å². The molecule has 0 aliphatic carbocycles. The number of hydrogen-bond acceptors (Lipinski definition) is 3. The molecule has 2 aromatic rings. The van der Waals surface area contributed by atoms with Crippen molar-refractivity contribution in [1.82, 2.24) is 9.97 Å². The molecule has 5 heteroatoms. The minimum atomic E-state index is -0.545. The second-order valence-electron chi connectivity index (χ2n) is 3.90. The van der Waals surface area contributed by atoms with Crippen molar-refractivity contribution in [3.05, 3.63) is 41.6 Å². The number of rotatable bonds is 3. The van der Waals surface area contributed by atoms with Gasteiger partial charge in [-0.2, -0.15) is 0 Å². The molecule has 1 heterocycles. The van der Waals surface area contributed by atoms with E-state index in [4.69, 9.17) is 10.8 Å². The standard InChI is InChI=1S/C12H14FN3O/c1-7-11(8-3-2-4-9(13)5-8)16-12(15-7)10(14)6-17/h2-5,10,17H,6,14H2,1H3,(H,15,16). The molecule has 0 fully saturated rings. The number of aromatic amines is 1. The van der Waals surface area contributed by atoms with Gasteiger partial charge in [-0.25, -0.2) is 9.37 Å². The molecule has 0 aliphatic rings. The highest BCUT2D eigenvalue weighted by atomic mass is 19.1. The van der Waals surface area contributed by atoms with E-state index in [-0.39, 0.29) is 12.4 Å². The summed E-state index contributed by atoms with van der Waals surface area (Å²) in [6, 6.07) is 5.66. The van der Waals surface area contributed by atoms with Crippen molar-refractivity contribution in [3.63, 3.8) is 0 Å². The number of aromatic nitrogens is 2. The van der Waals surface area contributed by atoms with Crippen molar-refractivity contribution in [2.75, 3.05) is 6.61 Å². The Morgan fingerprint density at radius 2 is 2.29 bits per heavy atom. The van der Waals surface area contributed by atoms with Gasteiger partial charge in [0.15, 0.2) is 0 Å². The predicted molar refractivity (Wildman–Crippen MR) is 62.7 cm³/mol. The van der Waals surface area contributed by atoms with Crippen LogP contribution >= 0.6 is 0 Å². The largest absolute Gasteiger partial charge is 0.394 e. The van der Waals surface area contributed by atoms with Crippen molar-refractivity contribution in [2.45, 2.75) is 13.0 Å². The zero-order valence-corrected chi connectivity index (χ0v) is 9.44. The molecule has 0 bridgehead atoms. The minimum Gasteiger partial charge on any atom is -0.394 e. The summed E-state index contributed by atoms with van der Waals surface area (Å²) in [6.07, 6.45) is 0. The fraction of sp³-hybridized carbons (Fsp3) is 0.250. The maximum Gasteiger partial charge on any atom is 0.126 e. The number of nitrogens with two attached hydrogens (primary N) is 1. The summed E-state index contributed by atoms with van der Waals surface area (Å²) in [4.78, 5) is 7.28. The summed E-state index contributed by atoms with van der Waals surface area (Å²) in [7, 11) is 0. The van der Waals surface area contributed by atoms with Gasteiger partial charge >= 0.3 is 0 Å². The Kier molecular flexibility index (Phi) is 3.21. The van der Waals surface area contributed by atoms with Crippen molar-refractivity contribution < 1.29 is 9.50 Å². The Bertz CT molecular complexity index is 524. The number of benzene rings is 1. The topological polar surface area (TPSA) is 74.9 Å². The summed E-state index contributed by atoms with van der Waals surface area (Å²) < 4.78 is 13.1. The van der Waals surface area contributed by atoms with Crippen molar-refractivity contribution in [1.29, 1.82) is 0 Å². The van der Waals surface area contributed by atoms with Gasteiger partial charge in [-0.05, 0) is 19.1 Å². The molecule has 1 aromatic carbocycles. The van der Waals surface area contributed by atoms with Gasteiger partial charge in [0.05, 0.1) is 18.3 Å². The molecule has 90 valence electrons. The zero-order chi connectivity index (χ0) is 12.4. The Morgan fingerprint density at radius 1 is 1.53 bits per heavy atom. The first-order chi connectivity index (χ1) is 8.11. The lowest BCUT2D eigenvalue weighted by Gasteiger charge is -2.02. The molecule has 4 nitrogen and oxygen atoms in total. The highest BCUT2D eigenvalue weighted by Gasteiger charge is 2.13. The van der Waals surface area contributed by atoms with Crippen LogP contribution in [-0.4, -0.2) is 21.7 Å². The fourth-order valence-corrected chi connectivity index (χ4v) is 1.66. The molecule has 1 atom stereocenters. The second kappa shape index (κ2) is 4.65. The van der Waals surface area contributed by atoms with Gasteiger partial charge in [-0.1, -0.05) is 12.1 Å². The Balaban J connectivity index is 2.42. The van der Waals surface area contributed by atoms with Gasteiger partial charge in [0, 0.05) is 11.3 Å². The van der Waals surface area contributed by atoms with Gasteiger partial charge < -0.3 is 15.8 Å². The Labute approximate surface area is 98.3 Å². The lowest BCUT2D eigenvalue weighted by Crippen LogP contribution is -2.16. The summed E-state index contributed by atoms with van der Waals surface area (Å²) in [6.45, 7) is 1.65. The first-order valence-electron chi connectivity index (χ1n) is 5.30. The van der Waals surface area contributed by atoms with Crippen LogP contribution in [-0.2, 0) is 0 Å². The van der Waals surface area contributed by atoms with E-state index in [0.29, 0.717) is 17.1 Å². The highest BCUT2D eigenvalue weighted by Crippen LogP contribution is 2.23. The lowest BCUT2D eigenvalue weighted by molar-refractivity contribution is 0.264. The molecule has 0 amide bonds. The average molecular weight is 235 g/mol. The van der Waals surface area contributed by atoms with Gasteiger partial charge in [0.25, 0.3) is 0 Å². The van der Waals surface area contributed by atoms with Crippen LogP contribution in [0.1, 0.15) is 17.6 Å². The zero-order valence-electron chi connectivity index (χ0n) is 9.44. The van der Waals surface area contributed by atoms with Gasteiger partial charge in [-0.15, -0.1) is 0 Å². The number of nitrogens with one attached hydrogen (secondary N) is 1. The normalized spacial score (nSPS) is 12.7. The van der Waals surface area contributed by atoms with E-state index in [9.17, 15) is 4.39 Å². The Hall–Kier alpha value is -1.72. The summed E-state index contributed by atoms with van der Waals surface area (Å²) in [5, 5.41) is 8.96.